The van der Waals surface area contributed by atoms with Gasteiger partial charge in [-0.15, -0.1) is 0 Å². The fourth-order valence-electron chi connectivity index (χ4n) is 1.70. The van der Waals surface area contributed by atoms with Gasteiger partial charge in [0.15, 0.2) is 0 Å². The zero-order valence-electron chi connectivity index (χ0n) is 8.59. The van der Waals surface area contributed by atoms with Crippen LogP contribution >= 0.6 is 22.6 Å². The largest absolute Gasteiger partial charge is 0.348 e. The molecule has 0 saturated carbocycles. The molecule has 0 aliphatic carbocycles. The van der Waals surface area contributed by atoms with Crippen LogP contribution in [-0.4, -0.2) is 19.6 Å². The van der Waals surface area contributed by atoms with Crippen LogP contribution in [0.2, 0.25) is 0 Å². The number of halogens is 1. The van der Waals surface area contributed by atoms with Crippen LogP contribution in [0.25, 0.3) is 16.9 Å². The molecule has 5 nitrogen and oxygen atoms in total. The maximum atomic E-state index is 11.8. The Kier molecular flexibility index (Phi) is 2.43. The van der Waals surface area contributed by atoms with Gasteiger partial charge in [0.05, 0.1) is 6.20 Å². The summed E-state index contributed by atoms with van der Waals surface area (Å²) in [7, 11) is 0. The van der Waals surface area contributed by atoms with Crippen molar-refractivity contribution in [2.45, 2.75) is 0 Å². The zero-order valence-corrected chi connectivity index (χ0v) is 10.7. The first-order chi connectivity index (χ1) is 8.27. The molecule has 0 radical (unpaired) electrons. The van der Waals surface area contributed by atoms with Gasteiger partial charge >= 0.3 is 5.69 Å². The second-order valence-electron chi connectivity index (χ2n) is 3.49. The number of H-pyrrole nitrogens is 1. The number of rotatable bonds is 1. The average molecular weight is 338 g/mol. The molecular weight excluding hydrogens is 331 g/mol. The van der Waals surface area contributed by atoms with Gasteiger partial charge in [0.25, 0.3) is 0 Å². The summed E-state index contributed by atoms with van der Waals surface area (Å²) in [6.07, 6.45) is 1.60. The average Bonchev–Trinajstić information content (AvgIpc) is 2.70. The van der Waals surface area contributed by atoms with E-state index in [1.807, 2.05) is 30.3 Å². The van der Waals surface area contributed by atoms with Crippen LogP contribution in [0.5, 0.6) is 0 Å². The molecule has 0 spiro atoms. The Hall–Kier alpha value is -1.70. The number of hydrogen-bond acceptors (Lipinski definition) is 3. The highest BCUT2D eigenvalue weighted by molar-refractivity contribution is 14.1. The van der Waals surface area contributed by atoms with Crippen molar-refractivity contribution in [3.05, 3.63) is 50.7 Å². The van der Waals surface area contributed by atoms with Crippen molar-refractivity contribution < 1.29 is 0 Å². The summed E-state index contributed by atoms with van der Waals surface area (Å²) < 4.78 is 2.30. The minimum atomic E-state index is -0.281. The topological polar surface area (TPSA) is 63.0 Å². The number of nitrogens with zero attached hydrogens (tertiary/aromatic N) is 3. The Morgan fingerprint density at radius 1 is 1.24 bits per heavy atom. The predicted molar refractivity (Wildman–Crippen MR) is 71.8 cm³/mol. The Morgan fingerprint density at radius 2 is 2.00 bits per heavy atom. The summed E-state index contributed by atoms with van der Waals surface area (Å²) in [6.45, 7) is 0. The SMILES string of the molecule is O=c1[nH]ncc2c(I)nc(-c3ccccc3)n12. The van der Waals surface area contributed by atoms with E-state index in [0.717, 1.165) is 9.26 Å². The van der Waals surface area contributed by atoms with Gasteiger partial charge < -0.3 is 0 Å². The molecule has 0 fully saturated rings. The van der Waals surface area contributed by atoms with E-state index in [1.165, 1.54) is 4.40 Å². The van der Waals surface area contributed by atoms with Gasteiger partial charge in [-0.2, -0.15) is 5.10 Å². The molecule has 3 rings (SSSR count). The van der Waals surface area contributed by atoms with Crippen molar-refractivity contribution in [3.8, 4) is 11.4 Å². The van der Waals surface area contributed by atoms with E-state index in [1.54, 1.807) is 6.20 Å². The second kappa shape index (κ2) is 3.95. The van der Waals surface area contributed by atoms with E-state index in [-0.39, 0.29) is 5.69 Å². The monoisotopic (exact) mass is 338 g/mol. The van der Waals surface area contributed by atoms with Gasteiger partial charge in [-0.25, -0.2) is 19.3 Å². The standard InChI is InChI=1S/C11H7IN4O/c12-9-8-6-13-15-11(17)16(8)10(14-9)7-4-2-1-3-5-7/h1-6H,(H,15,17). The van der Waals surface area contributed by atoms with Crippen LogP contribution < -0.4 is 5.69 Å². The van der Waals surface area contributed by atoms with Crippen LogP contribution in [0.4, 0.5) is 0 Å². The van der Waals surface area contributed by atoms with Crippen molar-refractivity contribution in [2.75, 3.05) is 0 Å². The van der Waals surface area contributed by atoms with Crippen LogP contribution in [-0.2, 0) is 0 Å². The van der Waals surface area contributed by atoms with Gasteiger partial charge in [-0.3, -0.25) is 0 Å². The number of nitrogens with one attached hydrogen (secondary N) is 1. The van der Waals surface area contributed by atoms with E-state index in [0.29, 0.717) is 11.3 Å². The first kappa shape index (κ1) is 10.5. The third-order valence-corrected chi connectivity index (χ3v) is 3.24. The minimum Gasteiger partial charge on any atom is -0.246 e. The smallest absolute Gasteiger partial charge is 0.246 e. The number of imidazole rings is 1. The number of aromatic nitrogens is 4. The fourth-order valence-corrected chi connectivity index (χ4v) is 2.31. The molecule has 2 aromatic heterocycles. The quantitative estimate of drug-likeness (QED) is 0.687. The van der Waals surface area contributed by atoms with Crippen LogP contribution in [0.3, 0.4) is 0 Å². The van der Waals surface area contributed by atoms with Crippen molar-refractivity contribution >= 4 is 28.1 Å². The molecule has 0 saturated heterocycles. The van der Waals surface area contributed by atoms with E-state index in [2.05, 4.69) is 37.8 Å². The van der Waals surface area contributed by atoms with E-state index in [9.17, 15) is 4.79 Å². The lowest BCUT2D eigenvalue weighted by atomic mass is 10.2. The first-order valence-electron chi connectivity index (χ1n) is 4.94. The number of benzene rings is 1. The molecule has 17 heavy (non-hydrogen) atoms. The Morgan fingerprint density at radius 3 is 2.76 bits per heavy atom. The molecule has 2 heterocycles. The summed E-state index contributed by atoms with van der Waals surface area (Å²) >= 11 is 2.10. The van der Waals surface area contributed by atoms with Crippen molar-refractivity contribution in [1.82, 2.24) is 19.6 Å². The summed E-state index contributed by atoms with van der Waals surface area (Å²) in [5, 5.41) is 6.19. The number of fused-ring (bicyclic) bond motifs is 1. The minimum absolute atomic E-state index is 0.281. The van der Waals surface area contributed by atoms with Crippen molar-refractivity contribution in [1.29, 1.82) is 0 Å². The summed E-state index contributed by atoms with van der Waals surface area (Å²) in [4.78, 5) is 16.2. The molecule has 3 aromatic rings. The summed E-state index contributed by atoms with van der Waals surface area (Å²) in [5.74, 6) is 0.633. The highest BCUT2D eigenvalue weighted by atomic mass is 127. The molecule has 0 amide bonds. The van der Waals surface area contributed by atoms with E-state index in [4.69, 9.17) is 0 Å². The van der Waals surface area contributed by atoms with Gasteiger partial charge in [0.2, 0.25) is 0 Å². The molecule has 0 unspecified atom stereocenters. The molecule has 1 N–H and O–H groups in total. The van der Waals surface area contributed by atoms with Crippen molar-refractivity contribution in [2.24, 2.45) is 0 Å². The van der Waals surface area contributed by atoms with Crippen LogP contribution in [0, 0.1) is 3.70 Å². The fraction of sp³-hybridized carbons (Fsp3) is 0. The number of aromatic amines is 1. The molecule has 6 heteroatoms. The van der Waals surface area contributed by atoms with E-state index < -0.39 is 0 Å². The molecular formula is C11H7IN4O. The lowest BCUT2D eigenvalue weighted by Crippen LogP contribution is -2.17. The lowest BCUT2D eigenvalue weighted by molar-refractivity contribution is 0.889. The molecule has 0 bridgehead atoms. The maximum Gasteiger partial charge on any atom is 0.348 e. The van der Waals surface area contributed by atoms with Crippen LogP contribution in [0.15, 0.2) is 41.3 Å². The Bertz CT molecular complexity index is 732. The third-order valence-electron chi connectivity index (χ3n) is 2.45. The van der Waals surface area contributed by atoms with Crippen molar-refractivity contribution in [3.63, 3.8) is 0 Å². The predicted octanol–water partition coefficient (Wildman–Crippen LogP) is 1.69. The third kappa shape index (κ3) is 1.64. The summed E-state index contributed by atoms with van der Waals surface area (Å²) in [5.41, 5.74) is 1.34. The maximum absolute atomic E-state index is 11.8. The molecule has 84 valence electrons. The van der Waals surface area contributed by atoms with Crippen LogP contribution in [0.1, 0.15) is 0 Å². The Labute approximate surface area is 110 Å². The molecule has 0 aliphatic heterocycles. The lowest BCUT2D eigenvalue weighted by Gasteiger charge is -1.98. The molecule has 0 atom stereocenters. The molecule has 0 aliphatic rings. The van der Waals surface area contributed by atoms with Gasteiger partial charge in [-0.1, -0.05) is 30.3 Å². The summed E-state index contributed by atoms with van der Waals surface area (Å²) in [6, 6.07) is 9.60. The normalized spacial score (nSPS) is 10.9. The van der Waals surface area contributed by atoms with Gasteiger partial charge in [0, 0.05) is 5.56 Å². The molecule has 1 aromatic carbocycles. The second-order valence-corrected chi connectivity index (χ2v) is 4.51. The van der Waals surface area contributed by atoms with Gasteiger partial charge in [-0.05, 0) is 22.6 Å². The zero-order chi connectivity index (χ0) is 11.8. The highest BCUT2D eigenvalue weighted by Gasteiger charge is 2.12. The highest BCUT2D eigenvalue weighted by Crippen LogP contribution is 2.21. The number of hydrogen-bond donors (Lipinski definition) is 1. The Balaban J connectivity index is 2.43. The van der Waals surface area contributed by atoms with Gasteiger partial charge in [0.1, 0.15) is 15.0 Å². The first-order valence-corrected chi connectivity index (χ1v) is 6.02. The van der Waals surface area contributed by atoms with E-state index >= 15 is 0 Å².